The second kappa shape index (κ2) is 6.01. The highest BCUT2D eigenvalue weighted by molar-refractivity contribution is 7.19. The number of aryl methyl sites for hydroxylation is 1. The average Bonchev–Trinajstić information content (AvgIpc) is 3.05. The van der Waals surface area contributed by atoms with Gasteiger partial charge in [-0.2, -0.15) is 4.98 Å². The Morgan fingerprint density at radius 1 is 1.50 bits per heavy atom. The van der Waals surface area contributed by atoms with Crippen molar-refractivity contribution in [1.82, 2.24) is 15.1 Å². The topological polar surface area (TPSA) is 104 Å². The molecule has 0 spiro atoms. The number of piperidine rings is 1. The highest BCUT2D eigenvalue weighted by atomic mass is 32.1. The van der Waals surface area contributed by atoms with Crippen molar-refractivity contribution in [2.24, 2.45) is 0 Å². The fourth-order valence-corrected chi connectivity index (χ4v) is 3.31. The van der Waals surface area contributed by atoms with Gasteiger partial charge in [-0.1, -0.05) is 11.3 Å². The zero-order valence-electron chi connectivity index (χ0n) is 12.4. The summed E-state index contributed by atoms with van der Waals surface area (Å²) in [7, 11) is 0. The smallest absolute Gasteiger partial charge is 0.271 e. The van der Waals surface area contributed by atoms with E-state index in [0.717, 1.165) is 30.0 Å². The van der Waals surface area contributed by atoms with Gasteiger partial charge in [0.2, 0.25) is 5.91 Å². The normalized spacial score (nSPS) is 18.5. The lowest BCUT2D eigenvalue weighted by atomic mass is 10.1. The molecule has 1 aliphatic rings. The summed E-state index contributed by atoms with van der Waals surface area (Å²) >= 11 is 1.29. The first-order valence-electron chi connectivity index (χ1n) is 7.05. The Kier molecular flexibility index (Phi) is 4.08. The molecule has 2 aromatic heterocycles. The molecule has 3 heterocycles. The molecule has 9 heteroatoms. The monoisotopic (exact) mass is 323 g/mol. The molecule has 118 valence electrons. The molecule has 1 amide bonds. The van der Waals surface area contributed by atoms with Crippen molar-refractivity contribution in [3.8, 4) is 10.8 Å². The largest absolute Gasteiger partial charge is 0.391 e. The third-order valence-electron chi connectivity index (χ3n) is 3.37. The van der Waals surface area contributed by atoms with Crippen LogP contribution >= 0.6 is 11.3 Å². The van der Waals surface area contributed by atoms with E-state index >= 15 is 0 Å². The predicted molar refractivity (Wildman–Crippen MR) is 81.9 cm³/mol. The van der Waals surface area contributed by atoms with Gasteiger partial charge in [0.15, 0.2) is 5.13 Å². The summed E-state index contributed by atoms with van der Waals surface area (Å²) < 4.78 is 5.31. The molecule has 2 N–H and O–H groups in total. The first-order valence-corrected chi connectivity index (χ1v) is 7.86. The minimum atomic E-state index is -0.354. The Labute approximate surface area is 131 Å². The van der Waals surface area contributed by atoms with Gasteiger partial charge in [0, 0.05) is 20.0 Å². The first kappa shape index (κ1) is 14.9. The number of carbonyl (C=O) groups excluding carboxylic acids is 1. The molecule has 1 fully saturated rings. The molecule has 22 heavy (non-hydrogen) atoms. The van der Waals surface area contributed by atoms with Gasteiger partial charge in [-0.3, -0.25) is 4.79 Å². The highest BCUT2D eigenvalue weighted by Gasteiger charge is 2.23. The number of nitrogens with one attached hydrogen (secondary N) is 1. The second-order valence-corrected chi connectivity index (χ2v) is 6.26. The number of aliphatic hydroxyl groups is 1. The number of anilines is 2. The Balaban J connectivity index is 1.81. The average molecular weight is 323 g/mol. The van der Waals surface area contributed by atoms with E-state index < -0.39 is 0 Å². The number of thiazole rings is 1. The number of hydrogen-bond donors (Lipinski definition) is 2. The summed E-state index contributed by atoms with van der Waals surface area (Å²) in [4.78, 5) is 22.4. The summed E-state index contributed by atoms with van der Waals surface area (Å²) in [5.74, 6) is 0.679. The molecule has 0 bridgehead atoms. The van der Waals surface area contributed by atoms with Crippen LogP contribution in [0.15, 0.2) is 4.52 Å². The van der Waals surface area contributed by atoms with Crippen molar-refractivity contribution in [1.29, 1.82) is 0 Å². The maximum absolute atomic E-state index is 11.1. The number of hydrogen-bond acceptors (Lipinski definition) is 8. The van der Waals surface area contributed by atoms with Gasteiger partial charge in [-0.05, 0) is 24.9 Å². The minimum Gasteiger partial charge on any atom is -0.391 e. The zero-order chi connectivity index (χ0) is 15.7. The van der Waals surface area contributed by atoms with Crippen molar-refractivity contribution < 1.29 is 14.4 Å². The molecule has 3 rings (SSSR count). The number of amides is 1. The SMILES string of the molecule is CC(=O)Nc1nc(C)c(-c2nc(N3CCC[C@H](O)C3)no2)s1. The van der Waals surface area contributed by atoms with Gasteiger partial charge in [0.25, 0.3) is 11.8 Å². The van der Waals surface area contributed by atoms with Crippen LogP contribution in [0.2, 0.25) is 0 Å². The quantitative estimate of drug-likeness (QED) is 0.880. The van der Waals surface area contributed by atoms with Gasteiger partial charge in [0.05, 0.1) is 11.8 Å². The lowest BCUT2D eigenvalue weighted by Crippen LogP contribution is -2.38. The molecular formula is C13H17N5O3S. The molecular weight excluding hydrogens is 306 g/mol. The van der Waals surface area contributed by atoms with Crippen molar-refractivity contribution in [2.45, 2.75) is 32.8 Å². The van der Waals surface area contributed by atoms with Crippen molar-refractivity contribution in [2.75, 3.05) is 23.3 Å². The molecule has 0 aromatic carbocycles. The molecule has 1 saturated heterocycles. The van der Waals surface area contributed by atoms with Crippen LogP contribution in [0.3, 0.4) is 0 Å². The van der Waals surface area contributed by atoms with Crippen LogP contribution in [0.25, 0.3) is 10.8 Å². The molecule has 1 atom stereocenters. The maximum atomic E-state index is 11.1. The Hall–Kier alpha value is -2.00. The Morgan fingerprint density at radius 2 is 2.32 bits per heavy atom. The first-order chi connectivity index (χ1) is 10.5. The van der Waals surface area contributed by atoms with E-state index in [1.807, 2.05) is 11.8 Å². The van der Waals surface area contributed by atoms with Crippen molar-refractivity contribution >= 4 is 28.3 Å². The van der Waals surface area contributed by atoms with Crippen molar-refractivity contribution in [3.05, 3.63) is 5.69 Å². The Morgan fingerprint density at radius 3 is 3.05 bits per heavy atom. The van der Waals surface area contributed by atoms with Crippen LogP contribution in [0.4, 0.5) is 11.1 Å². The fourth-order valence-electron chi connectivity index (χ4n) is 2.37. The minimum absolute atomic E-state index is 0.172. The molecule has 0 aliphatic carbocycles. The molecule has 2 aromatic rings. The number of aromatic nitrogens is 3. The maximum Gasteiger partial charge on any atom is 0.271 e. The second-order valence-electron chi connectivity index (χ2n) is 5.26. The Bertz CT molecular complexity index is 683. The summed E-state index contributed by atoms with van der Waals surface area (Å²) in [6.45, 7) is 4.57. The summed E-state index contributed by atoms with van der Waals surface area (Å²) in [6.07, 6.45) is 1.35. The van der Waals surface area contributed by atoms with E-state index in [-0.39, 0.29) is 12.0 Å². The van der Waals surface area contributed by atoms with Gasteiger partial charge in [-0.25, -0.2) is 4.98 Å². The van der Waals surface area contributed by atoms with E-state index in [4.69, 9.17) is 4.52 Å². The van der Waals surface area contributed by atoms with Crippen molar-refractivity contribution in [3.63, 3.8) is 0 Å². The molecule has 8 nitrogen and oxygen atoms in total. The van der Waals surface area contributed by atoms with Crippen LogP contribution in [0.1, 0.15) is 25.5 Å². The van der Waals surface area contributed by atoms with E-state index in [1.165, 1.54) is 18.3 Å². The summed E-state index contributed by atoms with van der Waals surface area (Å²) in [6, 6.07) is 0. The van der Waals surface area contributed by atoms with Crippen LogP contribution < -0.4 is 10.2 Å². The third kappa shape index (κ3) is 3.09. The van der Waals surface area contributed by atoms with E-state index in [9.17, 15) is 9.90 Å². The van der Waals surface area contributed by atoms with Crippen LogP contribution in [0.5, 0.6) is 0 Å². The van der Waals surface area contributed by atoms with Crippen LogP contribution in [-0.4, -0.2) is 45.3 Å². The lowest BCUT2D eigenvalue weighted by Gasteiger charge is -2.28. The molecule has 0 saturated carbocycles. The molecule has 0 radical (unpaired) electrons. The zero-order valence-corrected chi connectivity index (χ0v) is 13.2. The standard InChI is InChI=1S/C13H17N5O3S/c1-7-10(22-13(14-7)15-8(2)19)11-16-12(17-21-11)18-5-3-4-9(20)6-18/h9,20H,3-6H2,1-2H3,(H,14,15,19)/t9-/m0/s1. The molecule has 0 unspecified atom stereocenters. The number of carbonyl (C=O) groups is 1. The third-order valence-corrected chi connectivity index (χ3v) is 4.43. The van der Waals surface area contributed by atoms with Crippen LogP contribution in [-0.2, 0) is 4.79 Å². The van der Waals surface area contributed by atoms with Gasteiger partial charge in [-0.15, -0.1) is 0 Å². The number of nitrogens with zero attached hydrogens (tertiary/aromatic N) is 4. The number of β-amino-alcohol motifs (C(OH)–C–C–N with tert-alkyl or cyclic N) is 1. The number of aliphatic hydroxyl groups excluding tert-OH is 1. The highest BCUT2D eigenvalue weighted by Crippen LogP contribution is 2.32. The van der Waals surface area contributed by atoms with E-state index in [1.54, 1.807) is 0 Å². The summed E-state index contributed by atoms with van der Waals surface area (Å²) in [5, 5.41) is 16.9. The van der Waals surface area contributed by atoms with Crippen LogP contribution in [0, 0.1) is 6.92 Å². The van der Waals surface area contributed by atoms with E-state index in [2.05, 4.69) is 20.4 Å². The van der Waals surface area contributed by atoms with Gasteiger partial charge in [0.1, 0.15) is 4.88 Å². The molecule has 1 aliphatic heterocycles. The van der Waals surface area contributed by atoms with Gasteiger partial charge >= 0.3 is 0 Å². The fraction of sp³-hybridized carbons (Fsp3) is 0.538. The predicted octanol–water partition coefficient (Wildman–Crippen LogP) is 1.42. The van der Waals surface area contributed by atoms with Gasteiger partial charge < -0.3 is 19.8 Å². The van der Waals surface area contributed by atoms with E-state index in [0.29, 0.717) is 23.5 Å². The number of rotatable bonds is 3. The lowest BCUT2D eigenvalue weighted by molar-refractivity contribution is -0.114. The summed E-state index contributed by atoms with van der Waals surface area (Å²) in [5.41, 5.74) is 0.725.